The third-order valence-electron chi connectivity index (χ3n) is 9.27. The first kappa shape index (κ1) is 27.3. The fourth-order valence-corrected chi connectivity index (χ4v) is 8.30. The Morgan fingerprint density at radius 1 is 1.12 bits per heavy atom. The van der Waals surface area contributed by atoms with Crippen LogP contribution in [0.3, 0.4) is 0 Å². The quantitative estimate of drug-likeness (QED) is 0.571. The number of fused-ring (bicyclic) bond motifs is 5. The van der Waals surface area contributed by atoms with Gasteiger partial charge in [0.25, 0.3) is 0 Å². The van der Waals surface area contributed by atoms with Crippen LogP contribution in [0.4, 0.5) is 13.2 Å². The molecule has 4 unspecified atom stereocenters. The molecule has 0 aliphatic heterocycles. The summed E-state index contributed by atoms with van der Waals surface area (Å²) in [7, 11) is -4.09. The Balaban J connectivity index is 0.00000289. The molecule has 178 valence electrons. The molecule has 0 radical (unpaired) electrons. The molecule has 0 amide bonds. The van der Waals surface area contributed by atoms with Gasteiger partial charge in [0.05, 0.1) is 9.05 Å². The van der Waals surface area contributed by atoms with Gasteiger partial charge in [0.2, 0.25) is 0 Å². The molecule has 32 heavy (non-hydrogen) atoms. The monoisotopic (exact) mass is 506 g/mol. The summed E-state index contributed by atoms with van der Waals surface area (Å²) in [6.45, 7) is 1.59. The van der Waals surface area contributed by atoms with E-state index in [9.17, 15) is 31.8 Å². The van der Waals surface area contributed by atoms with Crippen molar-refractivity contribution in [2.75, 3.05) is 6.61 Å². The number of carbonyl (C=O) groups is 1. The fourth-order valence-electron chi connectivity index (χ4n) is 7.90. The van der Waals surface area contributed by atoms with Gasteiger partial charge in [0.1, 0.15) is 6.61 Å². The minimum absolute atomic E-state index is 0. The van der Waals surface area contributed by atoms with Crippen LogP contribution in [-0.2, 0) is 29.2 Å². The SMILES string of the molecule is C[C@]12CCC3C(CC[C@@H]4C[C@@](O)(C(F)(F)F)CC[C@H]34)C1CC[C@@H]2C(=O)COS(=O)([O-])=S.[Na+]. The molecular formula is C21H30F3NaO5S2. The van der Waals surface area contributed by atoms with Crippen LogP contribution in [0.25, 0.3) is 0 Å². The molecule has 4 rings (SSSR count). The van der Waals surface area contributed by atoms with Gasteiger partial charge >= 0.3 is 35.7 Å². The smallest absolute Gasteiger partial charge is 0.748 e. The van der Waals surface area contributed by atoms with Gasteiger partial charge in [0.15, 0.2) is 11.4 Å². The molecule has 0 bridgehead atoms. The van der Waals surface area contributed by atoms with Gasteiger partial charge in [-0.15, -0.1) is 0 Å². The molecule has 0 saturated heterocycles. The second-order valence-electron chi connectivity index (χ2n) is 10.5. The van der Waals surface area contributed by atoms with Crippen LogP contribution < -0.4 is 29.6 Å². The normalized spacial score (nSPS) is 45.6. The Morgan fingerprint density at radius 3 is 2.41 bits per heavy atom. The predicted molar refractivity (Wildman–Crippen MR) is 109 cm³/mol. The Labute approximate surface area is 214 Å². The maximum Gasteiger partial charge on any atom is 1.00 e. The average Bonchev–Trinajstić information content (AvgIpc) is 3.01. The van der Waals surface area contributed by atoms with E-state index in [0.29, 0.717) is 37.0 Å². The Morgan fingerprint density at radius 2 is 1.78 bits per heavy atom. The van der Waals surface area contributed by atoms with Crippen molar-refractivity contribution in [3.63, 3.8) is 0 Å². The van der Waals surface area contributed by atoms with Crippen LogP contribution in [0.15, 0.2) is 0 Å². The van der Waals surface area contributed by atoms with E-state index in [1.165, 1.54) is 0 Å². The third kappa shape index (κ3) is 4.86. The molecular weight excluding hydrogens is 476 g/mol. The predicted octanol–water partition coefficient (Wildman–Crippen LogP) is 0.930. The second kappa shape index (κ2) is 9.30. The largest absolute Gasteiger partial charge is 1.00 e. The molecule has 0 spiro atoms. The maximum absolute atomic E-state index is 13.4. The molecule has 4 aliphatic rings. The van der Waals surface area contributed by atoms with Gasteiger partial charge < -0.3 is 9.66 Å². The van der Waals surface area contributed by atoms with E-state index in [1.54, 1.807) is 0 Å². The van der Waals surface area contributed by atoms with E-state index in [0.717, 1.165) is 25.7 Å². The van der Waals surface area contributed by atoms with Crippen molar-refractivity contribution in [2.24, 2.45) is 40.9 Å². The molecule has 1 N–H and O–H groups in total. The van der Waals surface area contributed by atoms with Crippen molar-refractivity contribution in [3.05, 3.63) is 0 Å². The summed E-state index contributed by atoms with van der Waals surface area (Å²) >= 11 is 4.20. The van der Waals surface area contributed by atoms with Gasteiger partial charge in [-0.25, -0.2) is 4.21 Å². The van der Waals surface area contributed by atoms with Crippen molar-refractivity contribution in [1.29, 1.82) is 0 Å². The van der Waals surface area contributed by atoms with Gasteiger partial charge in [-0.1, -0.05) is 6.92 Å². The van der Waals surface area contributed by atoms with Crippen molar-refractivity contribution in [2.45, 2.75) is 76.5 Å². The summed E-state index contributed by atoms with van der Waals surface area (Å²) in [5.74, 6) is 0.633. The molecule has 0 aromatic rings. The molecule has 11 heteroatoms. The molecule has 0 heterocycles. The summed E-state index contributed by atoms with van der Waals surface area (Å²) < 4.78 is 66.9. The molecule has 9 atom stereocenters. The van der Waals surface area contributed by atoms with Crippen molar-refractivity contribution < 1.29 is 65.6 Å². The number of aliphatic hydroxyl groups is 1. The number of hydrogen-bond donors (Lipinski definition) is 1. The fraction of sp³-hybridized carbons (Fsp3) is 0.952. The number of ketones is 1. The van der Waals surface area contributed by atoms with E-state index in [-0.39, 0.29) is 71.4 Å². The van der Waals surface area contributed by atoms with E-state index < -0.39 is 27.4 Å². The zero-order valence-corrected chi connectivity index (χ0v) is 22.2. The zero-order chi connectivity index (χ0) is 22.8. The number of alkyl halides is 3. The average molecular weight is 507 g/mol. The van der Waals surface area contributed by atoms with Crippen molar-refractivity contribution >= 4 is 26.0 Å². The topological polar surface area (TPSA) is 86.7 Å². The van der Waals surface area contributed by atoms with Crippen LogP contribution in [0.5, 0.6) is 0 Å². The number of Topliss-reactive ketones (excluding diaryl/α,β-unsaturated/α-hetero) is 1. The van der Waals surface area contributed by atoms with Crippen LogP contribution in [0.2, 0.25) is 0 Å². The molecule has 0 aromatic heterocycles. The first-order valence-corrected chi connectivity index (χ1v) is 13.5. The molecule has 4 saturated carbocycles. The van der Waals surface area contributed by atoms with E-state index in [2.05, 4.69) is 22.3 Å². The van der Waals surface area contributed by atoms with Gasteiger partial charge in [-0.05, 0) is 104 Å². The summed E-state index contributed by atoms with van der Waals surface area (Å²) in [5.41, 5.74) is -2.79. The van der Waals surface area contributed by atoms with Gasteiger partial charge in [0, 0.05) is 5.92 Å². The molecule has 5 nitrogen and oxygen atoms in total. The number of carbonyl (C=O) groups excluding carboxylic acids is 1. The van der Waals surface area contributed by atoms with Gasteiger partial charge in [-0.2, -0.15) is 13.2 Å². The third-order valence-corrected chi connectivity index (χ3v) is 9.97. The minimum Gasteiger partial charge on any atom is -0.748 e. The number of rotatable bonds is 4. The van der Waals surface area contributed by atoms with Crippen molar-refractivity contribution in [3.8, 4) is 0 Å². The summed E-state index contributed by atoms with van der Waals surface area (Å²) in [5, 5.41) is 10.2. The number of halogens is 3. The maximum atomic E-state index is 13.4. The minimum atomic E-state index is -4.58. The Hall–Kier alpha value is 0.710. The van der Waals surface area contributed by atoms with Crippen molar-refractivity contribution in [1.82, 2.24) is 0 Å². The molecule has 4 fully saturated rings. The molecule has 4 aliphatic carbocycles. The Bertz CT molecular complexity index is 838. The standard InChI is InChI=1S/C21H31F3O5S2.Na/c1-19-8-6-14-13-7-9-20(26,21(22,23)24)10-12(13)2-3-15(14)16(19)4-5-17(19)18(25)11-29-31(27,28)30;/h12-17,26H,2-11H2,1H3,(H,27,28,30);/q;+1/p-1/t12-,13+,14?,15?,16?,17-,19+,20-;/m1./s1. The van der Waals surface area contributed by atoms with E-state index >= 15 is 0 Å². The zero-order valence-electron chi connectivity index (χ0n) is 18.6. The summed E-state index contributed by atoms with van der Waals surface area (Å²) in [4.78, 5) is 12.7. The Kier molecular flexibility index (Phi) is 7.93. The second-order valence-corrected chi connectivity index (χ2v) is 12.8. The van der Waals surface area contributed by atoms with E-state index in [4.69, 9.17) is 0 Å². The van der Waals surface area contributed by atoms with Gasteiger partial charge in [-0.3, -0.25) is 8.98 Å². The first-order valence-electron chi connectivity index (χ1n) is 11.2. The number of hydrogen-bond acceptors (Lipinski definition) is 6. The summed E-state index contributed by atoms with van der Waals surface area (Å²) in [6.07, 6.45) is 0.153. The molecule has 0 aromatic carbocycles. The van der Waals surface area contributed by atoms with E-state index in [1.807, 2.05) is 0 Å². The summed E-state index contributed by atoms with van der Waals surface area (Å²) in [6, 6.07) is 0. The van der Waals surface area contributed by atoms with Crippen LogP contribution in [0.1, 0.15) is 64.7 Å². The first-order chi connectivity index (χ1) is 14.3. The van der Waals surface area contributed by atoms with Crippen LogP contribution in [-0.4, -0.2) is 38.0 Å². The van der Waals surface area contributed by atoms with Crippen LogP contribution in [0, 0.1) is 40.9 Å². The van der Waals surface area contributed by atoms with Crippen LogP contribution >= 0.6 is 0 Å².